The first-order valence-electron chi connectivity index (χ1n) is 12.4. The molecule has 0 amide bonds. The van der Waals surface area contributed by atoms with E-state index < -0.39 is 11.9 Å². The number of hydrogen-bond acceptors (Lipinski definition) is 7. The SMILES string of the molecule is CCc1ncnc(OC)c1-c1ncc2[nH]c(=O)n(Cc3ccc(-c4nc(C(F)(F)F)cn4C4CC4)cc3)c2n1. The van der Waals surface area contributed by atoms with E-state index in [1.165, 1.54) is 24.2 Å². The normalized spacial score (nSPS) is 13.8. The Labute approximate surface area is 219 Å². The molecule has 1 aromatic carbocycles. The number of rotatable bonds is 7. The Balaban J connectivity index is 1.35. The Hall–Kier alpha value is -4.55. The number of nitrogens with zero attached hydrogens (tertiary/aromatic N) is 7. The quantitative estimate of drug-likeness (QED) is 0.327. The van der Waals surface area contributed by atoms with Gasteiger partial charge in [0.1, 0.15) is 23.2 Å². The fourth-order valence-corrected chi connectivity index (χ4v) is 4.58. The van der Waals surface area contributed by atoms with Crippen LogP contribution in [-0.2, 0) is 19.1 Å². The van der Waals surface area contributed by atoms with Crippen molar-refractivity contribution in [2.45, 2.75) is 44.9 Å². The van der Waals surface area contributed by atoms with Crippen LogP contribution in [0, 0.1) is 0 Å². The van der Waals surface area contributed by atoms with Crippen LogP contribution in [0.25, 0.3) is 33.9 Å². The minimum atomic E-state index is -4.51. The first kappa shape index (κ1) is 24.8. The first-order valence-corrected chi connectivity index (χ1v) is 12.4. The molecule has 0 saturated heterocycles. The zero-order chi connectivity index (χ0) is 27.3. The van der Waals surface area contributed by atoms with Crippen LogP contribution >= 0.6 is 0 Å². The molecule has 13 heteroatoms. The first-order chi connectivity index (χ1) is 18.8. The van der Waals surface area contributed by atoms with Crippen LogP contribution in [0.2, 0.25) is 0 Å². The van der Waals surface area contributed by atoms with Crippen LogP contribution in [0.4, 0.5) is 13.2 Å². The van der Waals surface area contributed by atoms with Crippen LogP contribution < -0.4 is 10.4 Å². The molecule has 0 radical (unpaired) electrons. The maximum atomic E-state index is 13.3. The molecule has 1 fully saturated rings. The van der Waals surface area contributed by atoms with E-state index in [1.54, 1.807) is 28.8 Å². The van der Waals surface area contributed by atoms with Crippen molar-refractivity contribution in [3.8, 4) is 28.7 Å². The molecule has 0 aliphatic heterocycles. The number of ether oxygens (including phenoxy) is 1. The molecule has 0 bridgehead atoms. The molecule has 1 aliphatic rings. The lowest BCUT2D eigenvalue weighted by Gasteiger charge is -2.10. The van der Waals surface area contributed by atoms with Crippen LogP contribution in [0.1, 0.15) is 42.8 Å². The molecule has 200 valence electrons. The largest absolute Gasteiger partial charge is 0.480 e. The molecule has 1 aliphatic carbocycles. The van der Waals surface area contributed by atoms with E-state index in [0.717, 1.165) is 24.6 Å². The number of imidazole rings is 2. The summed E-state index contributed by atoms with van der Waals surface area (Å²) in [5.41, 5.74) is 2.17. The summed E-state index contributed by atoms with van der Waals surface area (Å²) >= 11 is 0. The van der Waals surface area contributed by atoms with Crippen LogP contribution in [0.3, 0.4) is 0 Å². The summed E-state index contributed by atoms with van der Waals surface area (Å²) in [7, 11) is 1.50. The fourth-order valence-electron chi connectivity index (χ4n) is 4.58. The summed E-state index contributed by atoms with van der Waals surface area (Å²) < 4.78 is 48.4. The van der Waals surface area contributed by atoms with E-state index in [9.17, 15) is 18.0 Å². The van der Waals surface area contributed by atoms with Gasteiger partial charge in [0.05, 0.1) is 25.5 Å². The number of hydrogen-bond donors (Lipinski definition) is 1. The second-order valence-electron chi connectivity index (χ2n) is 9.29. The third kappa shape index (κ3) is 4.53. The Kier molecular flexibility index (Phi) is 5.92. The molecule has 5 aromatic rings. The Morgan fingerprint density at radius 1 is 1.10 bits per heavy atom. The van der Waals surface area contributed by atoms with Crippen molar-refractivity contribution < 1.29 is 17.9 Å². The van der Waals surface area contributed by atoms with Gasteiger partial charge in [0.15, 0.2) is 17.2 Å². The zero-order valence-corrected chi connectivity index (χ0v) is 21.0. The maximum Gasteiger partial charge on any atom is 0.434 e. The molecule has 1 N–H and O–H groups in total. The maximum absolute atomic E-state index is 13.3. The van der Waals surface area contributed by atoms with Gasteiger partial charge in [-0.1, -0.05) is 31.2 Å². The molecule has 0 unspecified atom stereocenters. The van der Waals surface area contributed by atoms with E-state index in [1.807, 2.05) is 6.92 Å². The number of fused-ring (bicyclic) bond motifs is 1. The minimum Gasteiger partial charge on any atom is -0.480 e. The highest BCUT2D eigenvalue weighted by Gasteiger charge is 2.37. The molecular weight excluding hydrogens is 513 g/mol. The number of nitrogens with one attached hydrogen (secondary N) is 1. The average Bonchev–Trinajstić information content (AvgIpc) is 3.60. The second-order valence-corrected chi connectivity index (χ2v) is 9.29. The van der Waals surface area contributed by atoms with Gasteiger partial charge < -0.3 is 14.3 Å². The molecule has 4 heterocycles. The average molecular weight is 537 g/mol. The summed E-state index contributed by atoms with van der Waals surface area (Å²) in [4.78, 5) is 37.0. The number of aromatic amines is 1. The van der Waals surface area contributed by atoms with E-state index in [-0.39, 0.29) is 24.1 Å². The Morgan fingerprint density at radius 2 is 1.87 bits per heavy atom. The molecule has 10 nitrogen and oxygen atoms in total. The number of benzene rings is 1. The van der Waals surface area contributed by atoms with Gasteiger partial charge in [-0.15, -0.1) is 0 Å². The van der Waals surface area contributed by atoms with Crippen molar-refractivity contribution in [3.05, 3.63) is 70.4 Å². The number of halogens is 3. The summed E-state index contributed by atoms with van der Waals surface area (Å²) in [6.45, 7) is 2.13. The van der Waals surface area contributed by atoms with Crippen LogP contribution in [0.15, 0.2) is 47.8 Å². The van der Waals surface area contributed by atoms with Gasteiger partial charge >= 0.3 is 11.9 Å². The Bertz CT molecular complexity index is 1710. The number of methoxy groups -OCH3 is 1. The third-order valence-electron chi connectivity index (χ3n) is 6.67. The highest BCUT2D eigenvalue weighted by atomic mass is 19.4. The molecule has 0 atom stereocenters. The van der Waals surface area contributed by atoms with Gasteiger partial charge in [0, 0.05) is 17.8 Å². The summed E-state index contributed by atoms with van der Waals surface area (Å²) in [5.74, 6) is 0.940. The molecule has 1 saturated carbocycles. The number of aryl methyl sites for hydroxylation is 1. The predicted molar refractivity (Wildman–Crippen MR) is 135 cm³/mol. The van der Waals surface area contributed by atoms with Gasteiger partial charge in [-0.3, -0.25) is 4.57 Å². The van der Waals surface area contributed by atoms with E-state index in [0.29, 0.717) is 46.1 Å². The van der Waals surface area contributed by atoms with Gasteiger partial charge in [-0.2, -0.15) is 13.2 Å². The lowest BCUT2D eigenvalue weighted by atomic mass is 10.1. The lowest BCUT2D eigenvalue weighted by molar-refractivity contribution is -0.140. The highest BCUT2D eigenvalue weighted by Crippen LogP contribution is 2.41. The summed E-state index contributed by atoms with van der Waals surface area (Å²) in [6, 6.07) is 7.01. The molecule has 0 spiro atoms. The van der Waals surface area contributed by atoms with Crippen molar-refractivity contribution in [1.29, 1.82) is 0 Å². The van der Waals surface area contributed by atoms with Crippen molar-refractivity contribution in [3.63, 3.8) is 0 Å². The van der Waals surface area contributed by atoms with Gasteiger partial charge in [-0.05, 0) is 24.8 Å². The highest BCUT2D eigenvalue weighted by molar-refractivity contribution is 5.74. The van der Waals surface area contributed by atoms with E-state index >= 15 is 0 Å². The van der Waals surface area contributed by atoms with Crippen molar-refractivity contribution in [2.24, 2.45) is 0 Å². The third-order valence-corrected chi connectivity index (χ3v) is 6.67. The topological polar surface area (TPSA) is 116 Å². The van der Waals surface area contributed by atoms with E-state index in [2.05, 4.69) is 29.9 Å². The Morgan fingerprint density at radius 3 is 2.54 bits per heavy atom. The van der Waals surface area contributed by atoms with Gasteiger partial charge in [0.2, 0.25) is 5.88 Å². The second kappa shape index (κ2) is 9.33. The van der Waals surface area contributed by atoms with Crippen molar-refractivity contribution in [1.82, 2.24) is 39.0 Å². The smallest absolute Gasteiger partial charge is 0.434 e. The molecular formula is C26H23F3N8O2. The minimum absolute atomic E-state index is 0.0313. The number of H-pyrrole nitrogens is 1. The summed E-state index contributed by atoms with van der Waals surface area (Å²) in [5, 5.41) is 0. The van der Waals surface area contributed by atoms with Crippen LogP contribution in [-0.4, -0.2) is 46.1 Å². The predicted octanol–water partition coefficient (Wildman–Crippen LogP) is 4.41. The van der Waals surface area contributed by atoms with Gasteiger partial charge in [0.25, 0.3) is 0 Å². The molecule has 6 rings (SSSR count). The monoisotopic (exact) mass is 536 g/mol. The summed E-state index contributed by atoms with van der Waals surface area (Å²) in [6.07, 6.45) is 1.77. The molecule has 39 heavy (non-hydrogen) atoms. The zero-order valence-electron chi connectivity index (χ0n) is 21.0. The van der Waals surface area contributed by atoms with Crippen molar-refractivity contribution in [2.75, 3.05) is 7.11 Å². The standard InChI is InChI=1S/C26H23F3N8O2/c1-3-17-20(24(39-2)32-13-31-17)21-30-10-18-23(35-21)37(25(38)33-18)11-14-4-6-15(7-5-14)22-34-19(26(27,28)29)12-36(22)16-8-9-16/h4-7,10,12-13,16H,3,8-9,11H2,1-2H3,(H,33,38). The number of aromatic nitrogens is 8. The fraction of sp³-hybridized carbons (Fsp3) is 0.308. The van der Waals surface area contributed by atoms with Crippen LogP contribution in [0.5, 0.6) is 5.88 Å². The lowest BCUT2D eigenvalue weighted by Crippen LogP contribution is -2.17. The van der Waals surface area contributed by atoms with E-state index in [4.69, 9.17) is 4.74 Å². The van der Waals surface area contributed by atoms with Crippen molar-refractivity contribution >= 4 is 11.2 Å². The number of alkyl halides is 3. The molecule has 4 aromatic heterocycles. The van der Waals surface area contributed by atoms with Gasteiger partial charge in [-0.25, -0.2) is 29.7 Å².